The van der Waals surface area contributed by atoms with Crippen molar-refractivity contribution in [3.8, 4) is 0 Å². The molecule has 0 saturated heterocycles. The topological polar surface area (TPSA) is 90.0 Å². The number of halogens is 1. The van der Waals surface area contributed by atoms with Crippen LogP contribution in [-0.2, 0) is 26.3 Å². The maximum absolute atomic E-state index is 13.6. The Morgan fingerprint density at radius 1 is 1.00 bits per heavy atom. The van der Waals surface area contributed by atoms with Crippen molar-refractivity contribution >= 4 is 27.7 Å². The predicted molar refractivity (Wildman–Crippen MR) is 135 cm³/mol. The third-order valence-electron chi connectivity index (χ3n) is 5.54. The average Bonchev–Trinajstić information content (AvgIpc) is 2.84. The van der Waals surface area contributed by atoms with Gasteiger partial charge in [0.25, 0.3) is 0 Å². The first-order valence-corrected chi connectivity index (χ1v) is 13.1. The van der Waals surface area contributed by atoms with Crippen LogP contribution in [0.3, 0.4) is 0 Å². The van der Waals surface area contributed by atoms with Crippen molar-refractivity contribution in [2.75, 3.05) is 31.5 Å². The van der Waals surface area contributed by atoms with E-state index in [-0.39, 0.29) is 12.5 Å². The molecule has 35 heavy (non-hydrogen) atoms. The lowest BCUT2D eigenvalue weighted by Crippen LogP contribution is -2.53. The molecule has 0 aliphatic heterocycles. The van der Waals surface area contributed by atoms with E-state index in [2.05, 4.69) is 5.32 Å². The van der Waals surface area contributed by atoms with Gasteiger partial charge in [-0.05, 0) is 42.7 Å². The Morgan fingerprint density at radius 2 is 1.63 bits per heavy atom. The number of hydrogen-bond donors (Lipinski definition) is 1. The third-order valence-corrected chi connectivity index (χ3v) is 7.36. The Hall–Kier alpha value is -2.98. The van der Waals surface area contributed by atoms with E-state index in [1.807, 2.05) is 6.92 Å². The highest BCUT2D eigenvalue weighted by atomic mass is 32.2. The molecule has 0 bridgehead atoms. The monoisotopic (exact) mass is 506 g/mol. The number of anilines is 1. The van der Waals surface area contributed by atoms with E-state index in [1.54, 1.807) is 49.4 Å². The maximum atomic E-state index is 13.6. The standard InChI is InChI=1S/C25H35FN4O4S/c1-5-7-17-27-25(32)23(6-2)29(18-20-13-15-21(26)16-14-20)24(31)19-30(35(33,34)28(3)4)22-11-9-8-10-12-22/h8-16,23H,5-7,17-19H2,1-4H3,(H,27,32). The highest BCUT2D eigenvalue weighted by Gasteiger charge is 2.33. The average molecular weight is 507 g/mol. The largest absolute Gasteiger partial charge is 0.354 e. The highest BCUT2D eigenvalue weighted by Crippen LogP contribution is 2.21. The number of carbonyl (C=O) groups excluding carboxylic acids is 2. The van der Waals surface area contributed by atoms with Crippen LogP contribution in [0.15, 0.2) is 54.6 Å². The van der Waals surface area contributed by atoms with E-state index < -0.39 is 34.5 Å². The number of carbonyl (C=O) groups is 2. The Morgan fingerprint density at radius 3 is 2.17 bits per heavy atom. The molecule has 0 saturated carbocycles. The third kappa shape index (κ3) is 7.76. The summed E-state index contributed by atoms with van der Waals surface area (Å²) in [5, 5.41) is 2.87. The lowest BCUT2D eigenvalue weighted by atomic mass is 10.1. The van der Waals surface area contributed by atoms with Crippen LogP contribution in [0.2, 0.25) is 0 Å². The summed E-state index contributed by atoms with van der Waals surface area (Å²) in [7, 11) is -1.22. The molecule has 0 radical (unpaired) electrons. The Balaban J connectivity index is 2.42. The van der Waals surface area contributed by atoms with Crippen LogP contribution in [0.1, 0.15) is 38.7 Å². The Bertz CT molecular complexity index is 1060. The van der Waals surface area contributed by atoms with E-state index >= 15 is 0 Å². The fraction of sp³-hybridized carbons (Fsp3) is 0.440. The van der Waals surface area contributed by atoms with Gasteiger partial charge < -0.3 is 10.2 Å². The number of rotatable bonds is 13. The Kier molecular flexibility index (Phi) is 10.7. The molecule has 0 fully saturated rings. The molecule has 2 amide bonds. The van der Waals surface area contributed by atoms with Gasteiger partial charge in [-0.15, -0.1) is 0 Å². The van der Waals surface area contributed by atoms with Crippen LogP contribution in [-0.4, -0.2) is 62.7 Å². The van der Waals surface area contributed by atoms with Gasteiger partial charge in [-0.25, -0.2) is 8.70 Å². The second-order valence-corrected chi connectivity index (χ2v) is 10.4. The van der Waals surface area contributed by atoms with Crippen molar-refractivity contribution in [2.45, 2.75) is 45.7 Å². The van der Waals surface area contributed by atoms with Gasteiger partial charge in [-0.3, -0.25) is 9.59 Å². The molecule has 1 unspecified atom stereocenters. The van der Waals surface area contributed by atoms with Gasteiger partial charge in [-0.2, -0.15) is 12.7 Å². The molecule has 8 nitrogen and oxygen atoms in total. The molecule has 0 aliphatic rings. The molecule has 2 aromatic rings. The number of nitrogens with zero attached hydrogens (tertiary/aromatic N) is 3. The number of para-hydroxylation sites is 1. The first kappa shape index (κ1) is 28.3. The van der Waals surface area contributed by atoms with Gasteiger partial charge in [0.05, 0.1) is 5.69 Å². The van der Waals surface area contributed by atoms with Gasteiger partial charge in [0, 0.05) is 27.2 Å². The molecule has 192 valence electrons. The summed E-state index contributed by atoms with van der Waals surface area (Å²) in [6.07, 6.45) is 2.04. The molecule has 0 aromatic heterocycles. The zero-order valence-electron chi connectivity index (χ0n) is 20.8. The molecule has 1 atom stereocenters. The van der Waals surface area contributed by atoms with Crippen molar-refractivity contribution in [3.05, 3.63) is 66.0 Å². The minimum Gasteiger partial charge on any atom is -0.354 e. The first-order valence-electron chi connectivity index (χ1n) is 11.7. The summed E-state index contributed by atoms with van der Waals surface area (Å²) < 4.78 is 41.7. The van der Waals surface area contributed by atoms with Crippen molar-refractivity contribution in [1.29, 1.82) is 0 Å². The van der Waals surface area contributed by atoms with Crippen LogP contribution < -0.4 is 9.62 Å². The Labute approximate surface area is 207 Å². The number of hydrogen-bond acceptors (Lipinski definition) is 4. The molecule has 0 aliphatic carbocycles. The molecule has 2 rings (SSSR count). The summed E-state index contributed by atoms with van der Waals surface area (Å²) in [6.45, 7) is 3.82. The van der Waals surface area contributed by atoms with E-state index in [0.29, 0.717) is 24.2 Å². The summed E-state index contributed by atoms with van der Waals surface area (Å²) >= 11 is 0. The summed E-state index contributed by atoms with van der Waals surface area (Å²) in [6, 6.07) is 13.2. The number of unbranched alkanes of at least 4 members (excludes halogenated alkanes) is 1. The number of benzene rings is 2. The number of amides is 2. The van der Waals surface area contributed by atoms with E-state index in [4.69, 9.17) is 0 Å². The van der Waals surface area contributed by atoms with Crippen LogP contribution in [0.5, 0.6) is 0 Å². The van der Waals surface area contributed by atoms with Gasteiger partial charge >= 0.3 is 10.2 Å². The fourth-order valence-electron chi connectivity index (χ4n) is 3.52. The molecular weight excluding hydrogens is 471 g/mol. The van der Waals surface area contributed by atoms with Gasteiger partial charge in [-0.1, -0.05) is 50.6 Å². The SMILES string of the molecule is CCCCNC(=O)C(CC)N(Cc1ccc(F)cc1)C(=O)CN(c1ccccc1)S(=O)(=O)N(C)C. The lowest BCUT2D eigenvalue weighted by molar-refractivity contribution is -0.140. The summed E-state index contributed by atoms with van der Waals surface area (Å²) in [5.74, 6) is -1.26. The second-order valence-electron chi connectivity index (χ2n) is 8.35. The van der Waals surface area contributed by atoms with Crippen LogP contribution in [0, 0.1) is 5.82 Å². The molecule has 2 aromatic carbocycles. The van der Waals surface area contributed by atoms with Crippen molar-refractivity contribution in [3.63, 3.8) is 0 Å². The van der Waals surface area contributed by atoms with Crippen molar-refractivity contribution < 1.29 is 22.4 Å². The zero-order valence-corrected chi connectivity index (χ0v) is 21.6. The summed E-state index contributed by atoms with van der Waals surface area (Å²) in [5.41, 5.74) is 0.956. The summed E-state index contributed by atoms with van der Waals surface area (Å²) in [4.78, 5) is 28.0. The van der Waals surface area contributed by atoms with Crippen molar-refractivity contribution in [1.82, 2.24) is 14.5 Å². The predicted octanol–water partition coefficient (Wildman–Crippen LogP) is 3.16. The van der Waals surface area contributed by atoms with E-state index in [1.165, 1.54) is 31.1 Å². The smallest absolute Gasteiger partial charge is 0.304 e. The van der Waals surface area contributed by atoms with Gasteiger partial charge in [0.1, 0.15) is 18.4 Å². The van der Waals surface area contributed by atoms with E-state index in [0.717, 1.165) is 21.5 Å². The quantitative estimate of drug-likeness (QED) is 0.423. The second kappa shape index (κ2) is 13.2. The maximum Gasteiger partial charge on any atom is 0.304 e. The minimum atomic E-state index is -4.00. The van der Waals surface area contributed by atoms with Crippen molar-refractivity contribution in [2.24, 2.45) is 0 Å². The molecular formula is C25H35FN4O4S. The lowest BCUT2D eigenvalue weighted by Gasteiger charge is -2.34. The normalized spacial score (nSPS) is 12.3. The molecule has 0 spiro atoms. The van der Waals surface area contributed by atoms with Gasteiger partial charge in [0.15, 0.2) is 0 Å². The zero-order chi connectivity index (χ0) is 26.0. The van der Waals surface area contributed by atoms with Crippen LogP contribution in [0.25, 0.3) is 0 Å². The minimum absolute atomic E-state index is 0.0312. The molecule has 1 N–H and O–H groups in total. The van der Waals surface area contributed by atoms with E-state index in [9.17, 15) is 22.4 Å². The highest BCUT2D eigenvalue weighted by molar-refractivity contribution is 7.90. The van der Waals surface area contributed by atoms with Crippen LogP contribution >= 0.6 is 0 Å². The first-order chi connectivity index (χ1) is 16.6. The molecule has 10 heteroatoms. The molecule has 0 heterocycles. The van der Waals surface area contributed by atoms with Crippen LogP contribution in [0.4, 0.5) is 10.1 Å². The number of nitrogens with one attached hydrogen (secondary N) is 1. The van der Waals surface area contributed by atoms with Gasteiger partial charge in [0.2, 0.25) is 11.8 Å². The fourth-order valence-corrected chi connectivity index (χ4v) is 4.58.